The van der Waals surface area contributed by atoms with Crippen molar-refractivity contribution in [2.75, 3.05) is 5.73 Å². The topological polar surface area (TPSA) is 76.2 Å². The van der Waals surface area contributed by atoms with Gasteiger partial charge in [0.1, 0.15) is 5.00 Å². The highest BCUT2D eigenvalue weighted by atomic mass is 32.1. The van der Waals surface area contributed by atoms with Crippen molar-refractivity contribution in [1.82, 2.24) is 4.98 Å². The van der Waals surface area contributed by atoms with E-state index in [1.165, 1.54) is 11.3 Å². The second-order valence-corrected chi connectivity index (χ2v) is 3.46. The van der Waals surface area contributed by atoms with E-state index < -0.39 is 5.97 Å². The van der Waals surface area contributed by atoms with Gasteiger partial charge in [-0.3, -0.25) is 4.79 Å². The zero-order valence-electron chi connectivity index (χ0n) is 6.70. The van der Waals surface area contributed by atoms with Crippen LogP contribution in [0.5, 0.6) is 0 Å². The third-order valence-corrected chi connectivity index (χ3v) is 2.46. The summed E-state index contributed by atoms with van der Waals surface area (Å²) in [7, 11) is 0. The average Bonchev–Trinajstić information content (AvgIpc) is 2.31. The summed E-state index contributed by atoms with van der Waals surface area (Å²) in [5.74, 6) is -0.894. The molecule has 3 N–H and O–H groups in total. The summed E-state index contributed by atoms with van der Waals surface area (Å²) < 4.78 is 0. The molecule has 1 aromatic heterocycles. The van der Waals surface area contributed by atoms with E-state index in [1.54, 1.807) is 0 Å². The number of hydrogen-bond acceptors (Lipinski definition) is 4. The fraction of sp³-hybridized carbons (Fsp3) is 0.429. The number of aliphatic carboxylic acids is 1. The van der Waals surface area contributed by atoms with Crippen molar-refractivity contribution in [3.05, 3.63) is 10.7 Å². The first-order chi connectivity index (χ1) is 5.63. The van der Waals surface area contributed by atoms with Gasteiger partial charge in [0.2, 0.25) is 0 Å². The van der Waals surface area contributed by atoms with Gasteiger partial charge in [-0.2, -0.15) is 0 Å². The summed E-state index contributed by atoms with van der Waals surface area (Å²) >= 11 is 1.36. The van der Waals surface area contributed by atoms with Gasteiger partial charge in [-0.1, -0.05) is 6.92 Å². The maximum Gasteiger partial charge on any atom is 0.309 e. The minimum atomic E-state index is -0.894. The number of hydrogen-bond donors (Lipinski definition) is 2. The number of aromatic nitrogens is 1. The molecular weight excluding hydrogens is 176 g/mol. The van der Waals surface area contributed by atoms with Crippen LogP contribution in [0.15, 0.2) is 0 Å². The van der Waals surface area contributed by atoms with Gasteiger partial charge >= 0.3 is 5.97 Å². The van der Waals surface area contributed by atoms with Crippen molar-refractivity contribution in [1.29, 1.82) is 0 Å². The number of aryl methyl sites for hydroxylation is 1. The van der Waals surface area contributed by atoms with E-state index in [9.17, 15) is 4.79 Å². The number of rotatable bonds is 3. The molecule has 66 valence electrons. The third-order valence-electron chi connectivity index (χ3n) is 1.39. The van der Waals surface area contributed by atoms with Crippen LogP contribution in [0.25, 0.3) is 0 Å². The van der Waals surface area contributed by atoms with Crippen LogP contribution in [0.2, 0.25) is 0 Å². The minimum Gasteiger partial charge on any atom is -0.481 e. The normalized spacial score (nSPS) is 10.1. The maximum atomic E-state index is 10.3. The molecule has 0 aliphatic heterocycles. The molecule has 1 rings (SSSR count). The fourth-order valence-corrected chi connectivity index (χ4v) is 1.63. The van der Waals surface area contributed by atoms with E-state index in [0.717, 1.165) is 11.4 Å². The van der Waals surface area contributed by atoms with Crippen LogP contribution in [0.3, 0.4) is 0 Å². The zero-order chi connectivity index (χ0) is 9.14. The van der Waals surface area contributed by atoms with Crippen molar-refractivity contribution in [3.8, 4) is 0 Å². The highest BCUT2D eigenvalue weighted by Crippen LogP contribution is 2.21. The van der Waals surface area contributed by atoms with Gasteiger partial charge in [0.15, 0.2) is 0 Å². The van der Waals surface area contributed by atoms with E-state index in [1.807, 2.05) is 6.92 Å². The summed E-state index contributed by atoms with van der Waals surface area (Å²) in [6, 6.07) is 0. The van der Waals surface area contributed by atoms with Crippen LogP contribution in [-0.4, -0.2) is 16.1 Å². The lowest BCUT2D eigenvalue weighted by Crippen LogP contribution is -2.02. The molecule has 0 saturated heterocycles. The number of nitrogens with two attached hydrogens (primary N) is 1. The first-order valence-electron chi connectivity index (χ1n) is 3.59. The second kappa shape index (κ2) is 3.53. The highest BCUT2D eigenvalue weighted by Gasteiger charge is 2.10. The second-order valence-electron chi connectivity index (χ2n) is 2.34. The largest absolute Gasteiger partial charge is 0.481 e. The van der Waals surface area contributed by atoms with Gasteiger partial charge < -0.3 is 10.8 Å². The number of nitrogens with zero attached hydrogens (tertiary/aromatic N) is 1. The summed E-state index contributed by atoms with van der Waals surface area (Å²) in [6.07, 6.45) is 0.719. The molecule has 1 heterocycles. The third kappa shape index (κ3) is 1.94. The van der Waals surface area contributed by atoms with Crippen molar-refractivity contribution < 1.29 is 9.90 Å². The number of nitrogen functional groups attached to an aromatic ring is 1. The van der Waals surface area contributed by atoms with Crippen LogP contribution >= 0.6 is 11.3 Å². The molecule has 0 unspecified atom stereocenters. The molecule has 0 bridgehead atoms. The Kier molecular flexibility index (Phi) is 2.65. The molecule has 12 heavy (non-hydrogen) atoms. The van der Waals surface area contributed by atoms with Crippen molar-refractivity contribution in [3.63, 3.8) is 0 Å². The molecule has 0 spiro atoms. The number of carboxylic acids is 1. The van der Waals surface area contributed by atoms with E-state index in [-0.39, 0.29) is 6.42 Å². The standard InChI is InChI=1S/C7H10N2O2S/c1-2-5-9-4(3-6(10)11)7(8)12-5/h2-3,8H2,1H3,(H,10,11). The van der Waals surface area contributed by atoms with Crippen LogP contribution < -0.4 is 5.73 Å². The Morgan fingerprint density at radius 2 is 2.42 bits per heavy atom. The Hall–Kier alpha value is -1.10. The molecule has 1 aromatic rings. The van der Waals surface area contributed by atoms with Crippen LogP contribution in [-0.2, 0) is 17.6 Å². The predicted molar refractivity (Wildman–Crippen MR) is 47.2 cm³/mol. The SMILES string of the molecule is CCc1nc(CC(=O)O)c(N)s1. The van der Waals surface area contributed by atoms with Crippen molar-refractivity contribution in [2.24, 2.45) is 0 Å². The molecule has 0 fully saturated rings. The smallest absolute Gasteiger partial charge is 0.309 e. The zero-order valence-corrected chi connectivity index (χ0v) is 7.52. The molecule has 0 aliphatic rings. The van der Waals surface area contributed by atoms with Gasteiger partial charge in [0, 0.05) is 0 Å². The first-order valence-corrected chi connectivity index (χ1v) is 4.41. The number of thiazole rings is 1. The number of carbonyl (C=O) groups is 1. The summed E-state index contributed by atoms with van der Waals surface area (Å²) in [5.41, 5.74) is 6.05. The molecule has 4 nitrogen and oxygen atoms in total. The predicted octanol–water partition coefficient (Wildman–Crippen LogP) is 0.915. The molecule has 0 radical (unpaired) electrons. The quantitative estimate of drug-likeness (QED) is 0.735. The number of anilines is 1. The molecule has 5 heteroatoms. The van der Waals surface area contributed by atoms with E-state index >= 15 is 0 Å². The Bertz CT molecular complexity index is 296. The molecular formula is C7H10N2O2S. The summed E-state index contributed by atoms with van der Waals surface area (Å²) in [5, 5.41) is 9.90. The van der Waals surface area contributed by atoms with E-state index in [2.05, 4.69) is 4.98 Å². The van der Waals surface area contributed by atoms with Crippen LogP contribution in [0.1, 0.15) is 17.6 Å². The van der Waals surface area contributed by atoms with E-state index in [4.69, 9.17) is 10.8 Å². The molecule has 0 atom stereocenters. The lowest BCUT2D eigenvalue weighted by molar-refractivity contribution is -0.136. The van der Waals surface area contributed by atoms with Gasteiger partial charge in [-0.15, -0.1) is 11.3 Å². The molecule has 0 amide bonds. The number of carboxylic acid groups (broad SMARTS) is 1. The fourth-order valence-electron chi connectivity index (χ4n) is 0.835. The monoisotopic (exact) mass is 186 g/mol. The Labute approximate surface area is 74.0 Å². The average molecular weight is 186 g/mol. The van der Waals surface area contributed by atoms with Crippen molar-refractivity contribution >= 4 is 22.3 Å². The summed E-state index contributed by atoms with van der Waals surface area (Å²) in [4.78, 5) is 14.4. The Balaban J connectivity index is 2.84. The first kappa shape index (κ1) is 8.99. The maximum absolute atomic E-state index is 10.3. The molecule has 0 aromatic carbocycles. The van der Waals surface area contributed by atoms with Crippen LogP contribution in [0.4, 0.5) is 5.00 Å². The van der Waals surface area contributed by atoms with Crippen molar-refractivity contribution in [2.45, 2.75) is 19.8 Å². The molecule has 0 saturated carbocycles. The molecule has 0 aliphatic carbocycles. The minimum absolute atomic E-state index is 0.0810. The summed E-state index contributed by atoms with van der Waals surface area (Å²) in [6.45, 7) is 1.96. The highest BCUT2D eigenvalue weighted by molar-refractivity contribution is 7.15. The lowest BCUT2D eigenvalue weighted by atomic mass is 10.3. The van der Waals surface area contributed by atoms with E-state index in [0.29, 0.717) is 10.7 Å². The van der Waals surface area contributed by atoms with Gasteiger partial charge in [-0.05, 0) is 6.42 Å². The Morgan fingerprint density at radius 3 is 2.83 bits per heavy atom. The van der Waals surface area contributed by atoms with Gasteiger partial charge in [0.05, 0.1) is 17.1 Å². The van der Waals surface area contributed by atoms with Gasteiger partial charge in [0.25, 0.3) is 0 Å². The Morgan fingerprint density at radius 1 is 1.75 bits per heavy atom. The van der Waals surface area contributed by atoms with Gasteiger partial charge in [-0.25, -0.2) is 4.98 Å². The lowest BCUT2D eigenvalue weighted by Gasteiger charge is -1.90. The van der Waals surface area contributed by atoms with Crippen LogP contribution in [0, 0.1) is 0 Å².